The van der Waals surface area contributed by atoms with E-state index < -0.39 is 0 Å². The number of aromatic amines is 1. The van der Waals surface area contributed by atoms with Crippen LogP contribution >= 0.6 is 0 Å². The molecule has 3 N–H and O–H groups in total. The molecule has 0 aliphatic carbocycles. The molecule has 1 fully saturated rings. The summed E-state index contributed by atoms with van der Waals surface area (Å²) in [5.74, 6) is -0.580. The molecular weight excluding hydrogens is 466 g/mol. The van der Waals surface area contributed by atoms with Gasteiger partial charge in [0.05, 0.1) is 29.3 Å². The van der Waals surface area contributed by atoms with Crippen molar-refractivity contribution in [3.63, 3.8) is 0 Å². The Balaban J connectivity index is 1.33. The van der Waals surface area contributed by atoms with E-state index in [1.807, 2.05) is 44.4 Å². The minimum Gasteiger partial charge on any atom is -0.370 e. The van der Waals surface area contributed by atoms with E-state index in [9.17, 15) is 9.59 Å². The fourth-order valence-electron chi connectivity index (χ4n) is 4.65. The molecule has 1 aliphatic rings. The van der Waals surface area contributed by atoms with Gasteiger partial charge in [-0.2, -0.15) is 5.10 Å². The molecule has 0 atom stereocenters. The van der Waals surface area contributed by atoms with E-state index in [0.717, 1.165) is 53.6 Å². The average Bonchev–Trinajstić information content (AvgIpc) is 3.62. The Bertz CT molecular complexity index is 1400. The van der Waals surface area contributed by atoms with Crippen molar-refractivity contribution in [1.29, 1.82) is 0 Å². The summed E-state index contributed by atoms with van der Waals surface area (Å²) in [5, 5.41) is 13.7. The number of nitrogens with one attached hydrogen (secondary N) is 3. The SMILES string of the molecule is CCC(CC)NC(=O)c1ccc(NC(=O)c2n[nH]c3ccc(-c4cncc(N5CCCC5)c4)cc23)cn1. The van der Waals surface area contributed by atoms with Gasteiger partial charge >= 0.3 is 0 Å². The molecule has 1 saturated heterocycles. The number of benzene rings is 1. The van der Waals surface area contributed by atoms with Crippen LogP contribution in [-0.2, 0) is 0 Å². The highest BCUT2D eigenvalue weighted by Crippen LogP contribution is 2.29. The number of hydrogen-bond acceptors (Lipinski definition) is 6. The topological polar surface area (TPSA) is 116 Å². The van der Waals surface area contributed by atoms with Gasteiger partial charge in [0.15, 0.2) is 5.69 Å². The molecule has 5 rings (SSSR count). The summed E-state index contributed by atoms with van der Waals surface area (Å²) in [6.45, 7) is 6.17. The van der Waals surface area contributed by atoms with Crippen LogP contribution in [0, 0.1) is 0 Å². The van der Waals surface area contributed by atoms with E-state index in [2.05, 4.69) is 41.8 Å². The first-order chi connectivity index (χ1) is 18.1. The molecule has 9 heteroatoms. The van der Waals surface area contributed by atoms with Crippen LogP contribution in [0.4, 0.5) is 11.4 Å². The number of nitrogens with zero attached hydrogens (tertiary/aromatic N) is 4. The molecule has 190 valence electrons. The molecule has 4 aromatic rings. The molecule has 3 aromatic heterocycles. The maximum Gasteiger partial charge on any atom is 0.276 e. The van der Waals surface area contributed by atoms with E-state index in [-0.39, 0.29) is 23.6 Å². The predicted octanol–water partition coefficient (Wildman–Crippen LogP) is 4.79. The maximum absolute atomic E-state index is 13.1. The van der Waals surface area contributed by atoms with E-state index in [1.165, 1.54) is 19.0 Å². The third-order valence-corrected chi connectivity index (χ3v) is 6.88. The van der Waals surface area contributed by atoms with Crippen molar-refractivity contribution in [2.45, 2.75) is 45.6 Å². The molecule has 1 aliphatic heterocycles. The zero-order valence-corrected chi connectivity index (χ0v) is 21.1. The van der Waals surface area contributed by atoms with Crippen molar-refractivity contribution in [2.24, 2.45) is 0 Å². The summed E-state index contributed by atoms with van der Waals surface area (Å²) in [7, 11) is 0. The van der Waals surface area contributed by atoms with Gasteiger partial charge in [-0.05, 0) is 61.6 Å². The predicted molar refractivity (Wildman–Crippen MR) is 145 cm³/mol. The monoisotopic (exact) mass is 497 g/mol. The molecule has 0 radical (unpaired) electrons. The molecule has 0 unspecified atom stereocenters. The summed E-state index contributed by atoms with van der Waals surface area (Å²) in [6, 6.07) is 11.4. The highest BCUT2D eigenvalue weighted by molar-refractivity contribution is 6.11. The standard InChI is InChI=1S/C28H31N7O2/c1-3-20(4-2)31-27(36)25-10-8-21(16-30-25)32-28(37)26-23-14-18(7-9-24(23)33-34-26)19-13-22(17-29-15-19)35-11-5-6-12-35/h7-10,13-17,20H,3-6,11-12H2,1-2H3,(H,31,36)(H,32,37)(H,33,34). The summed E-state index contributed by atoms with van der Waals surface area (Å²) in [6.07, 6.45) is 9.34. The van der Waals surface area contributed by atoms with Gasteiger partial charge in [-0.1, -0.05) is 19.9 Å². The largest absolute Gasteiger partial charge is 0.370 e. The van der Waals surface area contributed by atoms with E-state index in [0.29, 0.717) is 11.4 Å². The van der Waals surface area contributed by atoms with Gasteiger partial charge in [0.1, 0.15) is 5.69 Å². The molecule has 37 heavy (non-hydrogen) atoms. The second-order valence-electron chi connectivity index (χ2n) is 9.33. The molecular formula is C28H31N7O2. The number of anilines is 2. The Morgan fingerprint density at radius 2 is 1.78 bits per heavy atom. The molecule has 0 saturated carbocycles. The van der Waals surface area contributed by atoms with Crippen LogP contribution in [0.5, 0.6) is 0 Å². The summed E-state index contributed by atoms with van der Waals surface area (Å²) in [4.78, 5) is 36.5. The van der Waals surface area contributed by atoms with Crippen LogP contribution in [0.25, 0.3) is 22.0 Å². The molecule has 1 aromatic carbocycles. The Morgan fingerprint density at radius 1 is 0.973 bits per heavy atom. The first-order valence-corrected chi connectivity index (χ1v) is 12.8. The first kappa shape index (κ1) is 24.4. The molecule has 0 spiro atoms. The van der Waals surface area contributed by atoms with Crippen LogP contribution < -0.4 is 15.5 Å². The van der Waals surface area contributed by atoms with Gasteiger partial charge in [-0.15, -0.1) is 0 Å². The van der Waals surface area contributed by atoms with E-state index in [1.54, 1.807) is 12.1 Å². The minimum atomic E-state index is -0.358. The molecule has 4 heterocycles. The van der Waals surface area contributed by atoms with E-state index >= 15 is 0 Å². The normalized spacial score (nSPS) is 13.3. The summed E-state index contributed by atoms with van der Waals surface area (Å²) < 4.78 is 0. The lowest BCUT2D eigenvalue weighted by Gasteiger charge is -2.17. The number of carbonyl (C=O) groups is 2. The van der Waals surface area contributed by atoms with Crippen molar-refractivity contribution >= 4 is 34.1 Å². The Morgan fingerprint density at radius 3 is 2.51 bits per heavy atom. The average molecular weight is 498 g/mol. The third-order valence-electron chi connectivity index (χ3n) is 6.88. The second-order valence-corrected chi connectivity index (χ2v) is 9.33. The highest BCUT2D eigenvalue weighted by atomic mass is 16.2. The highest BCUT2D eigenvalue weighted by Gasteiger charge is 2.18. The van der Waals surface area contributed by atoms with Crippen LogP contribution in [0.2, 0.25) is 0 Å². The van der Waals surface area contributed by atoms with Gasteiger partial charge in [0.2, 0.25) is 0 Å². The third kappa shape index (κ3) is 5.30. The number of fused-ring (bicyclic) bond motifs is 1. The number of aromatic nitrogens is 4. The van der Waals surface area contributed by atoms with Gasteiger partial charge in [0.25, 0.3) is 11.8 Å². The quantitative estimate of drug-likeness (QED) is 0.322. The van der Waals surface area contributed by atoms with Crippen LogP contribution in [-0.4, -0.2) is 51.1 Å². The molecule has 9 nitrogen and oxygen atoms in total. The number of hydrogen-bond donors (Lipinski definition) is 3. The van der Waals surface area contributed by atoms with Gasteiger partial charge < -0.3 is 15.5 Å². The van der Waals surface area contributed by atoms with Crippen LogP contribution in [0.15, 0.2) is 55.0 Å². The lowest BCUT2D eigenvalue weighted by atomic mass is 10.0. The van der Waals surface area contributed by atoms with Crippen molar-refractivity contribution in [3.05, 3.63) is 66.4 Å². The van der Waals surface area contributed by atoms with Gasteiger partial charge in [-0.25, -0.2) is 4.98 Å². The minimum absolute atomic E-state index is 0.116. The Labute approximate surface area is 215 Å². The number of rotatable bonds is 8. The van der Waals surface area contributed by atoms with Gasteiger partial charge in [0, 0.05) is 36.3 Å². The smallest absolute Gasteiger partial charge is 0.276 e. The second kappa shape index (κ2) is 10.8. The first-order valence-electron chi connectivity index (χ1n) is 12.8. The Kier molecular flexibility index (Phi) is 7.11. The van der Waals surface area contributed by atoms with Crippen LogP contribution in [0.3, 0.4) is 0 Å². The van der Waals surface area contributed by atoms with Crippen LogP contribution in [0.1, 0.15) is 60.5 Å². The number of carbonyl (C=O) groups excluding carboxylic acids is 2. The van der Waals surface area contributed by atoms with Gasteiger partial charge in [-0.3, -0.25) is 19.7 Å². The fraction of sp³-hybridized carbons (Fsp3) is 0.321. The molecule has 2 amide bonds. The summed E-state index contributed by atoms with van der Waals surface area (Å²) in [5.41, 5.74) is 4.92. The van der Waals surface area contributed by atoms with Crippen molar-refractivity contribution in [2.75, 3.05) is 23.3 Å². The lowest BCUT2D eigenvalue weighted by Crippen LogP contribution is -2.34. The van der Waals surface area contributed by atoms with Crippen molar-refractivity contribution in [1.82, 2.24) is 25.5 Å². The number of H-pyrrole nitrogens is 1. The number of amides is 2. The lowest BCUT2D eigenvalue weighted by molar-refractivity contribution is 0.0929. The number of pyridine rings is 2. The van der Waals surface area contributed by atoms with E-state index in [4.69, 9.17) is 0 Å². The Hall–Kier alpha value is -4.27. The zero-order valence-electron chi connectivity index (χ0n) is 21.1. The zero-order chi connectivity index (χ0) is 25.8. The maximum atomic E-state index is 13.1. The fourth-order valence-corrected chi connectivity index (χ4v) is 4.65. The van der Waals surface area contributed by atoms with Crippen molar-refractivity contribution < 1.29 is 9.59 Å². The summed E-state index contributed by atoms with van der Waals surface area (Å²) >= 11 is 0. The molecule has 0 bridgehead atoms. The van der Waals surface area contributed by atoms with Crippen molar-refractivity contribution in [3.8, 4) is 11.1 Å².